The summed E-state index contributed by atoms with van der Waals surface area (Å²) in [6.45, 7) is 4.86. The highest BCUT2D eigenvalue weighted by atomic mass is 79.9. The lowest BCUT2D eigenvalue weighted by molar-refractivity contribution is 0.181. The molecule has 4 aromatic rings. The number of hydrogen-bond donors (Lipinski definition) is 1. The first kappa shape index (κ1) is 26.9. The first-order chi connectivity index (χ1) is 17.7. The number of rotatable bonds is 7. The van der Waals surface area contributed by atoms with Gasteiger partial charge in [0.1, 0.15) is 5.82 Å². The minimum absolute atomic E-state index is 0.196. The fraction of sp³-hybridized carbons (Fsp3) is 0.250. The van der Waals surface area contributed by atoms with Gasteiger partial charge in [-0.3, -0.25) is 9.36 Å². The second-order valence-electron chi connectivity index (χ2n) is 9.17. The molecule has 0 aliphatic carbocycles. The Morgan fingerprint density at radius 3 is 2.54 bits per heavy atom. The number of para-hydroxylation sites is 1. The molecule has 1 atom stereocenters. The van der Waals surface area contributed by atoms with Crippen molar-refractivity contribution in [2.75, 3.05) is 32.5 Å². The molecule has 1 heterocycles. The normalized spacial score (nSPS) is 12.1. The van der Waals surface area contributed by atoms with Gasteiger partial charge in [-0.2, -0.15) is 0 Å². The molecule has 4 rings (SSSR count). The largest absolute Gasteiger partial charge is 0.322 e. The first-order valence-electron chi connectivity index (χ1n) is 11.9. The van der Waals surface area contributed by atoms with Crippen LogP contribution in [0.25, 0.3) is 16.6 Å². The molecule has 0 bridgehead atoms. The number of hydrogen-bond acceptors (Lipinski definition) is 4. The summed E-state index contributed by atoms with van der Waals surface area (Å²) in [6, 6.07) is 19.3. The van der Waals surface area contributed by atoms with Gasteiger partial charge in [0.05, 0.1) is 22.6 Å². The fourth-order valence-electron chi connectivity index (χ4n) is 4.21. The van der Waals surface area contributed by atoms with Crippen LogP contribution in [-0.2, 0) is 0 Å². The van der Waals surface area contributed by atoms with E-state index in [1.165, 1.54) is 0 Å². The second-order valence-corrected chi connectivity index (χ2v) is 10.5. The Morgan fingerprint density at radius 2 is 1.84 bits per heavy atom. The van der Waals surface area contributed by atoms with Gasteiger partial charge in [0.25, 0.3) is 5.56 Å². The number of nitrogens with one attached hydrogen (secondary N) is 1. The predicted octanol–water partition coefficient (Wildman–Crippen LogP) is 6.27. The van der Waals surface area contributed by atoms with Crippen LogP contribution in [0.15, 0.2) is 76.0 Å². The zero-order valence-electron chi connectivity index (χ0n) is 21.2. The van der Waals surface area contributed by atoms with Gasteiger partial charge in [0.2, 0.25) is 0 Å². The fourth-order valence-corrected chi connectivity index (χ4v) is 4.84. The number of halogens is 2. The van der Waals surface area contributed by atoms with E-state index in [9.17, 15) is 9.59 Å². The van der Waals surface area contributed by atoms with E-state index in [2.05, 4.69) is 21.2 Å². The average molecular weight is 583 g/mol. The molecule has 0 radical (unpaired) electrons. The van der Waals surface area contributed by atoms with Gasteiger partial charge >= 0.3 is 6.03 Å². The van der Waals surface area contributed by atoms with Crippen LogP contribution in [0.2, 0.25) is 5.02 Å². The molecule has 192 valence electrons. The average Bonchev–Trinajstić information content (AvgIpc) is 2.84. The van der Waals surface area contributed by atoms with Crippen LogP contribution in [0.4, 0.5) is 10.5 Å². The van der Waals surface area contributed by atoms with Crippen LogP contribution in [0, 0.1) is 6.92 Å². The molecule has 0 aliphatic rings. The van der Waals surface area contributed by atoms with E-state index in [1.807, 2.05) is 87.4 Å². The highest BCUT2D eigenvalue weighted by Gasteiger charge is 2.27. The van der Waals surface area contributed by atoms with Crippen molar-refractivity contribution < 1.29 is 4.79 Å². The second kappa shape index (κ2) is 11.5. The highest BCUT2D eigenvalue weighted by Crippen LogP contribution is 2.26. The number of carbonyl (C=O) groups excluding carboxylic acids is 1. The summed E-state index contributed by atoms with van der Waals surface area (Å²) in [6.07, 6.45) is 0. The Morgan fingerprint density at radius 1 is 1.08 bits per heavy atom. The quantitative estimate of drug-likeness (QED) is 0.279. The van der Waals surface area contributed by atoms with Crippen molar-refractivity contribution in [3.05, 3.63) is 98.0 Å². The monoisotopic (exact) mass is 581 g/mol. The van der Waals surface area contributed by atoms with E-state index in [0.29, 0.717) is 46.2 Å². The van der Waals surface area contributed by atoms with Crippen LogP contribution >= 0.6 is 27.5 Å². The molecule has 37 heavy (non-hydrogen) atoms. The summed E-state index contributed by atoms with van der Waals surface area (Å²) in [4.78, 5) is 36.1. The third-order valence-corrected chi connectivity index (χ3v) is 6.90. The molecule has 0 fully saturated rings. The number of carbonyl (C=O) groups is 1. The summed E-state index contributed by atoms with van der Waals surface area (Å²) >= 11 is 9.67. The molecule has 0 saturated heterocycles. The van der Waals surface area contributed by atoms with Crippen LogP contribution in [-0.4, -0.2) is 52.6 Å². The van der Waals surface area contributed by atoms with Crippen molar-refractivity contribution in [3.8, 4) is 5.69 Å². The number of nitrogens with zero attached hydrogens (tertiary/aromatic N) is 4. The summed E-state index contributed by atoms with van der Waals surface area (Å²) in [5, 5.41) is 4.08. The Hall–Kier alpha value is -3.20. The summed E-state index contributed by atoms with van der Waals surface area (Å²) in [7, 11) is 3.91. The molecule has 0 saturated carbocycles. The Bertz CT molecular complexity index is 1500. The topological polar surface area (TPSA) is 70.5 Å². The SMILES string of the molecule is Cc1cc(Cl)ccc1-n1c(C(C)N(CCN(C)C)C(=O)Nc2cccc(Br)c2)nc2ccccc2c1=O. The maximum atomic E-state index is 13.8. The molecule has 3 aromatic carbocycles. The van der Waals surface area contributed by atoms with Crippen molar-refractivity contribution in [1.29, 1.82) is 0 Å². The predicted molar refractivity (Wildman–Crippen MR) is 154 cm³/mol. The Kier molecular flexibility index (Phi) is 8.32. The van der Waals surface area contributed by atoms with Crippen molar-refractivity contribution in [2.45, 2.75) is 19.9 Å². The Balaban J connectivity index is 1.86. The number of amides is 2. The number of aromatic nitrogens is 2. The van der Waals surface area contributed by atoms with Crippen molar-refractivity contribution >= 4 is 50.2 Å². The molecule has 1 N–H and O–H groups in total. The van der Waals surface area contributed by atoms with Gasteiger partial charge in [-0.05, 0) is 82.0 Å². The lowest BCUT2D eigenvalue weighted by Crippen LogP contribution is -2.43. The van der Waals surface area contributed by atoms with Crippen molar-refractivity contribution in [1.82, 2.24) is 19.4 Å². The number of urea groups is 1. The van der Waals surface area contributed by atoms with E-state index in [1.54, 1.807) is 21.6 Å². The van der Waals surface area contributed by atoms with Gasteiger partial charge < -0.3 is 15.1 Å². The number of likely N-dealkylation sites (N-methyl/N-ethyl adjacent to an activating group) is 1. The van der Waals surface area contributed by atoms with Crippen molar-refractivity contribution in [2.24, 2.45) is 0 Å². The summed E-state index contributed by atoms with van der Waals surface area (Å²) in [5.74, 6) is 0.470. The van der Waals surface area contributed by atoms with Gasteiger partial charge in [0, 0.05) is 28.3 Å². The van der Waals surface area contributed by atoms with Crippen LogP contribution < -0.4 is 10.9 Å². The highest BCUT2D eigenvalue weighted by molar-refractivity contribution is 9.10. The zero-order valence-corrected chi connectivity index (χ0v) is 23.5. The molecule has 1 unspecified atom stereocenters. The lowest BCUT2D eigenvalue weighted by Gasteiger charge is -2.31. The van der Waals surface area contributed by atoms with Crippen molar-refractivity contribution in [3.63, 3.8) is 0 Å². The van der Waals surface area contributed by atoms with Gasteiger partial charge in [0.15, 0.2) is 0 Å². The smallest absolute Gasteiger partial charge is 0.313 e. The van der Waals surface area contributed by atoms with Gasteiger partial charge in [-0.1, -0.05) is 45.7 Å². The number of anilines is 1. The van der Waals surface area contributed by atoms with E-state index in [4.69, 9.17) is 16.6 Å². The van der Waals surface area contributed by atoms with Gasteiger partial charge in [-0.15, -0.1) is 0 Å². The number of fused-ring (bicyclic) bond motifs is 1. The van der Waals surface area contributed by atoms with E-state index in [0.717, 1.165) is 10.0 Å². The number of benzene rings is 3. The third kappa shape index (κ3) is 6.04. The van der Waals surface area contributed by atoms with Crippen LogP contribution in [0.3, 0.4) is 0 Å². The Labute approximate surface area is 229 Å². The molecule has 2 amide bonds. The minimum Gasteiger partial charge on any atom is -0.313 e. The van der Waals surface area contributed by atoms with E-state index >= 15 is 0 Å². The maximum absolute atomic E-state index is 13.8. The standard InChI is InChI=1S/C28H29BrClN5O2/c1-18-16-21(30)12-13-25(18)35-26(32-24-11-6-5-10-23(24)27(35)36)19(2)34(15-14-33(3)4)28(37)31-22-9-7-8-20(29)17-22/h5-13,16-17,19H,14-15H2,1-4H3,(H,31,37). The molecular weight excluding hydrogens is 554 g/mol. The van der Waals surface area contributed by atoms with Crippen LogP contribution in [0.1, 0.15) is 24.4 Å². The third-order valence-electron chi connectivity index (χ3n) is 6.17. The molecular formula is C28H29BrClN5O2. The van der Waals surface area contributed by atoms with E-state index < -0.39 is 6.04 Å². The minimum atomic E-state index is -0.528. The zero-order chi connectivity index (χ0) is 26.7. The first-order valence-corrected chi connectivity index (χ1v) is 13.1. The molecule has 0 spiro atoms. The number of aryl methyl sites for hydroxylation is 1. The molecule has 9 heteroatoms. The van der Waals surface area contributed by atoms with Gasteiger partial charge in [-0.25, -0.2) is 9.78 Å². The lowest BCUT2D eigenvalue weighted by atomic mass is 10.1. The molecule has 0 aliphatic heterocycles. The molecule has 1 aromatic heterocycles. The van der Waals surface area contributed by atoms with Crippen LogP contribution in [0.5, 0.6) is 0 Å². The summed E-state index contributed by atoms with van der Waals surface area (Å²) in [5.41, 5.74) is 2.56. The van der Waals surface area contributed by atoms with E-state index in [-0.39, 0.29) is 11.6 Å². The summed E-state index contributed by atoms with van der Waals surface area (Å²) < 4.78 is 2.47. The molecule has 7 nitrogen and oxygen atoms in total. The maximum Gasteiger partial charge on any atom is 0.322 e.